The Morgan fingerprint density at radius 2 is 2.05 bits per heavy atom. The summed E-state index contributed by atoms with van der Waals surface area (Å²) in [6, 6.07) is 3.02. The molecule has 1 N–H and O–H groups in total. The van der Waals surface area contributed by atoms with Gasteiger partial charge in [0.05, 0.1) is 0 Å². The molecule has 114 valence electrons. The Kier molecular flexibility index (Phi) is 7.09. The van der Waals surface area contributed by atoms with Crippen molar-refractivity contribution in [3.63, 3.8) is 0 Å². The molecule has 2 rings (SSSR count). The summed E-state index contributed by atoms with van der Waals surface area (Å²) in [6.45, 7) is 5.69. The van der Waals surface area contributed by atoms with E-state index in [1.807, 2.05) is 11.3 Å². The molecule has 1 saturated carbocycles. The van der Waals surface area contributed by atoms with Gasteiger partial charge in [0.1, 0.15) is 0 Å². The van der Waals surface area contributed by atoms with E-state index in [0.29, 0.717) is 0 Å². The van der Waals surface area contributed by atoms with Crippen molar-refractivity contribution in [2.24, 2.45) is 11.8 Å². The predicted molar refractivity (Wildman–Crippen MR) is 90.5 cm³/mol. The molecule has 0 bridgehead atoms. The molecule has 1 atom stereocenters. The van der Waals surface area contributed by atoms with E-state index >= 15 is 0 Å². The molecule has 1 unspecified atom stereocenters. The summed E-state index contributed by atoms with van der Waals surface area (Å²) in [6.07, 6.45) is 11.2. The lowest BCUT2D eigenvalue weighted by molar-refractivity contribution is 0.208. The van der Waals surface area contributed by atoms with Crippen molar-refractivity contribution in [2.45, 2.75) is 71.3 Å². The van der Waals surface area contributed by atoms with Crippen LogP contribution in [0.1, 0.15) is 64.4 Å². The number of thiophene rings is 1. The van der Waals surface area contributed by atoms with Crippen molar-refractivity contribution in [2.75, 3.05) is 6.54 Å². The second kappa shape index (κ2) is 8.84. The molecule has 20 heavy (non-hydrogen) atoms. The number of hydrogen-bond acceptors (Lipinski definition) is 2. The average Bonchev–Trinajstić information content (AvgIpc) is 2.98. The van der Waals surface area contributed by atoms with Crippen molar-refractivity contribution in [1.82, 2.24) is 5.32 Å². The fourth-order valence-electron chi connectivity index (χ4n) is 3.81. The second-order valence-corrected chi connectivity index (χ2v) is 7.18. The van der Waals surface area contributed by atoms with Gasteiger partial charge in [-0.2, -0.15) is 11.3 Å². The molecule has 0 aliphatic heterocycles. The minimum Gasteiger partial charge on any atom is -0.314 e. The Morgan fingerprint density at radius 3 is 2.65 bits per heavy atom. The summed E-state index contributed by atoms with van der Waals surface area (Å²) < 4.78 is 0. The molecule has 0 radical (unpaired) electrons. The SMILES string of the molecule is CCCC1CCC(C(CCc2ccsc2)NCC)CC1. The second-order valence-electron chi connectivity index (χ2n) is 6.40. The van der Waals surface area contributed by atoms with Gasteiger partial charge in [0, 0.05) is 6.04 Å². The molecular weight excluding hydrogens is 262 g/mol. The van der Waals surface area contributed by atoms with Gasteiger partial charge in [0.25, 0.3) is 0 Å². The molecule has 1 fully saturated rings. The van der Waals surface area contributed by atoms with Crippen molar-refractivity contribution in [3.05, 3.63) is 22.4 Å². The van der Waals surface area contributed by atoms with Crippen LogP contribution in [0.4, 0.5) is 0 Å². The maximum Gasteiger partial charge on any atom is 0.00983 e. The third-order valence-corrected chi connectivity index (χ3v) is 5.68. The van der Waals surface area contributed by atoms with E-state index in [-0.39, 0.29) is 0 Å². The van der Waals surface area contributed by atoms with Gasteiger partial charge in [-0.1, -0.05) is 39.5 Å². The molecule has 1 aliphatic carbocycles. The fourth-order valence-corrected chi connectivity index (χ4v) is 4.51. The van der Waals surface area contributed by atoms with Gasteiger partial charge in [-0.25, -0.2) is 0 Å². The zero-order chi connectivity index (χ0) is 14.2. The number of nitrogens with one attached hydrogen (secondary N) is 1. The lowest BCUT2D eigenvalue weighted by atomic mass is 9.76. The van der Waals surface area contributed by atoms with Crippen LogP contribution in [-0.2, 0) is 6.42 Å². The minimum absolute atomic E-state index is 0.738. The lowest BCUT2D eigenvalue weighted by Crippen LogP contribution is -2.38. The van der Waals surface area contributed by atoms with E-state index in [1.54, 1.807) is 0 Å². The van der Waals surface area contributed by atoms with Gasteiger partial charge in [0.2, 0.25) is 0 Å². The van der Waals surface area contributed by atoms with Gasteiger partial charge in [-0.15, -0.1) is 0 Å². The number of hydrogen-bond donors (Lipinski definition) is 1. The number of aryl methyl sites for hydroxylation is 1. The summed E-state index contributed by atoms with van der Waals surface area (Å²) in [5.41, 5.74) is 1.53. The third-order valence-electron chi connectivity index (χ3n) is 4.95. The highest BCUT2D eigenvalue weighted by Crippen LogP contribution is 2.34. The maximum absolute atomic E-state index is 3.76. The topological polar surface area (TPSA) is 12.0 Å². The monoisotopic (exact) mass is 293 g/mol. The van der Waals surface area contributed by atoms with Crippen LogP contribution in [0.15, 0.2) is 16.8 Å². The van der Waals surface area contributed by atoms with E-state index in [0.717, 1.165) is 24.4 Å². The van der Waals surface area contributed by atoms with E-state index in [9.17, 15) is 0 Å². The highest BCUT2D eigenvalue weighted by molar-refractivity contribution is 7.07. The number of rotatable bonds is 8. The molecule has 0 spiro atoms. The first-order valence-electron chi connectivity index (χ1n) is 8.57. The Balaban J connectivity index is 1.79. The molecule has 1 aromatic heterocycles. The van der Waals surface area contributed by atoms with Crippen molar-refractivity contribution < 1.29 is 0 Å². The molecule has 0 aromatic carbocycles. The summed E-state index contributed by atoms with van der Waals surface area (Å²) in [5.74, 6) is 1.94. The molecule has 0 saturated heterocycles. The molecule has 1 aliphatic rings. The molecule has 1 heterocycles. The van der Waals surface area contributed by atoms with E-state index in [1.165, 1.54) is 56.9 Å². The standard InChI is InChI=1S/C18H31NS/c1-3-5-15-6-9-17(10-7-15)18(19-4-2)11-8-16-12-13-20-14-16/h12-15,17-19H,3-11H2,1-2H3. The minimum atomic E-state index is 0.738. The molecule has 2 heteroatoms. The van der Waals surface area contributed by atoms with Crippen molar-refractivity contribution in [3.8, 4) is 0 Å². The zero-order valence-corrected chi connectivity index (χ0v) is 14.1. The van der Waals surface area contributed by atoms with Crippen LogP contribution in [0.2, 0.25) is 0 Å². The van der Waals surface area contributed by atoms with Crippen LogP contribution in [0.25, 0.3) is 0 Å². The quantitative estimate of drug-likeness (QED) is 0.689. The van der Waals surface area contributed by atoms with Gasteiger partial charge >= 0.3 is 0 Å². The Labute approximate surface area is 129 Å². The average molecular weight is 294 g/mol. The third kappa shape index (κ3) is 4.89. The van der Waals surface area contributed by atoms with Gasteiger partial charge in [-0.3, -0.25) is 0 Å². The summed E-state index contributed by atoms with van der Waals surface area (Å²) >= 11 is 1.83. The smallest absolute Gasteiger partial charge is 0.00983 e. The predicted octanol–water partition coefficient (Wildman–Crippen LogP) is 5.27. The van der Waals surface area contributed by atoms with Gasteiger partial charge in [-0.05, 0) is 66.5 Å². The molecular formula is C18H31NS. The fraction of sp³-hybridized carbons (Fsp3) is 0.778. The Morgan fingerprint density at radius 1 is 1.25 bits per heavy atom. The Bertz CT molecular complexity index is 338. The van der Waals surface area contributed by atoms with Crippen LogP contribution in [0, 0.1) is 11.8 Å². The highest BCUT2D eigenvalue weighted by atomic mass is 32.1. The Hall–Kier alpha value is -0.340. The van der Waals surface area contributed by atoms with Crippen LogP contribution in [-0.4, -0.2) is 12.6 Å². The first-order valence-corrected chi connectivity index (χ1v) is 9.52. The van der Waals surface area contributed by atoms with E-state index < -0.39 is 0 Å². The zero-order valence-electron chi connectivity index (χ0n) is 13.2. The first-order chi connectivity index (χ1) is 9.83. The largest absolute Gasteiger partial charge is 0.314 e. The van der Waals surface area contributed by atoms with Crippen LogP contribution in [0.3, 0.4) is 0 Å². The van der Waals surface area contributed by atoms with Crippen molar-refractivity contribution in [1.29, 1.82) is 0 Å². The van der Waals surface area contributed by atoms with Crippen LogP contribution >= 0.6 is 11.3 Å². The first kappa shape index (κ1) is 16.0. The van der Waals surface area contributed by atoms with Gasteiger partial charge < -0.3 is 5.32 Å². The highest BCUT2D eigenvalue weighted by Gasteiger charge is 2.26. The van der Waals surface area contributed by atoms with Crippen LogP contribution in [0.5, 0.6) is 0 Å². The lowest BCUT2D eigenvalue weighted by Gasteiger charge is -2.34. The van der Waals surface area contributed by atoms with Crippen LogP contribution < -0.4 is 5.32 Å². The molecule has 0 amide bonds. The van der Waals surface area contributed by atoms with Gasteiger partial charge in [0.15, 0.2) is 0 Å². The summed E-state index contributed by atoms with van der Waals surface area (Å²) in [7, 11) is 0. The van der Waals surface area contributed by atoms with Crippen molar-refractivity contribution >= 4 is 11.3 Å². The summed E-state index contributed by atoms with van der Waals surface area (Å²) in [5, 5.41) is 8.27. The maximum atomic E-state index is 3.76. The normalized spacial score (nSPS) is 24.7. The van der Waals surface area contributed by atoms with E-state index in [4.69, 9.17) is 0 Å². The van der Waals surface area contributed by atoms with E-state index in [2.05, 4.69) is 36.0 Å². The molecule has 1 aromatic rings. The summed E-state index contributed by atoms with van der Waals surface area (Å²) in [4.78, 5) is 0. The molecule has 1 nitrogen and oxygen atoms in total.